The van der Waals surface area contributed by atoms with Crippen LogP contribution in [0.3, 0.4) is 0 Å². The summed E-state index contributed by atoms with van der Waals surface area (Å²) in [6, 6.07) is 0. The number of ether oxygens (including phenoxy) is 1. The Morgan fingerprint density at radius 2 is 1.82 bits per heavy atom. The third-order valence-electron chi connectivity index (χ3n) is 2.95. The quantitative estimate of drug-likeness (QED) is 0.518. The molecule has 11 heavy (non-hydrogen) atoms. The molecule has 0 atom stereocenters. The average molecular weight is 152 g/mol. The van der Waals surface area contributed by atoms with Gasteiger partial charge < -0.3 is 4.74 Å². The van der Waals surface area contributed by atoms with E-state index >= 15 is 0 Å². The minimum atomic E-state index is 0.271. The second-order valence-corrected chi connectivity index (χ2v) is 3.77. The van der Waals surface area contributed by atoms with Gasteiger partial charge in [-0.05, 0) is 44.6 Å². The van der Waals surface area contributed by atoms with Crippen molar-refractivity contribution in [2.45, 2.75) is 50.5 Å². The largest absolute Gasteiger partial charge is 0.495 e. The molecule has 0 radical (unpaired) electrons. The van der Waals surface area contributed by atoms with E-state index in [4.69, 9.17) is 4.74 Å². The van der Waals surface area contributed by atoms with Crippen molar-refractivity contribution >= 4 is 0 Å². The highest BCUT2D eigenvalue weighted by molar-refractivity contribution is 4.94. The van der Waals surface area contributed by atoms with E-state index in [0.29, 0.717) is 0 Å². The van der Waals surface area contributed by atoms with Crippen molar-refractivity contribution in [3.63, 3.8) is 0 Å². The molecule has 0 aromatic carbocycles. The Morgan fingerprint density at radius 3 is 2.45 bits per heavy atom. The minimum absolute atomic E-state index is 0.271. The van der Waals surface area contributed by atoms with E-state index in [-0.39, 0.29) is 5.60 Å². The van der Waals surface area contributed by atoms with Crippen molar-refractivity contribution in [3.05, 3.63) is 12.3 Å². The van der Waals surface area contributed by atoms with Gasteiger partial charge in [-0.2, -0.15) is 0 Å². The molecule has 0 aromatic heterocycles. The van der Waals surface area contributed by atoms with Gasteiger partial charge in [0.15, 0.2) is 0 Å². The van der Waals surface area contributed by atoms with E-state index < -0.39 is 0 Å². The molecule has 0 N–H and O–H groups in total. The van der Waals surface area contributed by atoms with Crippen LogP contribution in [0.2, 0.25) is 0 Å². The summed E-state index contributed by atoms with van der Waals surface area (Å²) in [7, 11) is 0. The summed E-state index contributed by atoms with van der Waals surface area (Å²) in [5.74, 6) is 0. The zero-order valence-electron chi connectivity index (χ0n) is 7.01. The molecule has 0 saturated heterocycles. The fourth-order valence-corrected chi connectivity index (χ4v) is 2.23. The van der Waals surface area contributed by atoms with Crippen LogP contribution in [0.1, 0.15) is 44.9 Å². The van der Waals surface area contributed by atoms with Gasteiger partial charge in [0.25, 0.3) is 0 Å². The minimum Gasteiger partial charge on any atom is -0.495 e. The zero-order chi connectivity index (χ0) is 7.57. The molecule has 1 saturated carbocycles. The predicted octanol–water partition coefficient (Wildman–Crippen LogP) is 3.01. The Morgan fingerprint density at radius 1 is 1.00 bits per heavy atom. The van der Waals surface area contributed by atoms with Crippen LogP contribution in [0.15, 0.2) is 12.3 Å². The molecule has 1 aliphatic carbocycles. The molecule has 62 valence electrons. The van der Waals surface area contributed by atoms with Gasteiger partial charge in [-0.3, -0.25) is 0 Å². The maximum Gasteiger partial charge on any atom is 0.108 e. The summed E-state index contributed by atoms with van der Waals surface area (Å²) in [5.41, 5.74) is 0.271. The van der Waals surface area contributed by atoms with Crippen molar-refractivity contribution in [1.29, 1.82) is 0 Å². The molecule has 1 aliphatic heterocycles. The smallest absolute Gasteiger partial charge is 0.108 e. The molecule has 1 heterocycles. The van der Waals surface area contributed by atoms with Crippen molar-refractivity contribution in [3.8, 4) is 0 Å². The van der Waals surface area contributed by atoms with Gasteiger partial charge in [-0.15, -0.1) is 0 Å². The number of rotatable bonds is 0. The Bertz CT molecular complexity index is 154. The third kappa shape index (κ3) is 1.42. The maximum atomic E-state index is 5.73. The monoisotopic (exact) mass is 152 g/mol. The lowest BCUT2D eigenvalue weighted by atomic mass is 9.81. The molecule has 1 fully saturated rings. The van der Waals surface area contributed by atoms with E-state index in [0.717, 1.165) is 0 Å². The fourth-order valence-electron chi connectivity index (χ4n) is 2.23. The highest BCUT2D eigenvalue weighted by atomic mass is 16.5. The second-order valence-electron chi connectivity index (χ2n) is 3.77. The van der Waals surface area contributed by atoms with Crippen molar-refractivity contribution in [1.82, 2.24) is 0 Å². The van der Waals surface area contributed by atoms with E-state index in [9.17, 15) is 0 Å². The van der Waals surface area contributed by atoms with Crippen LogP contribution in [0.4, 0.5) is 0 Å². The van der Waals surface area contributed by atoms with Gasteiger partial charge in [0, 0.05) is 0 Å². The highest BCUT2D eigenvalue weighted by Crippen LogP contribution is 2.37. The standard InChI is InChI=1S/C10H16O/c1-2-6-10(7-3-1)8-4-5-9-11-10/h5,9H,1-4,6-8H2. The van der Waals surface area contributed by atoms with Crippen LogP contribution < -0.4 is 0 Å². The van der Waals surface area contributed by atoms with Crippen LogP contribution in [0.5, 0.6) is 0 Å². The van der Waals surface area contributed by atoms with Gasteiger partial charge in [0.05, 0.1) is 6.26 Å². The van der Waals surface area contributed by atoms with Crippen molar-refractivity contribution in [2.75, 3.05) is 0 Å². The van der Waals surface area contributed by atoms with Gasteiger partial charge in [-0.1, -0.05) is 6.42 Å². The Labute approximate surface area is 68.4 Å². The average Bonchev–Trinajstić information content (AvgIpc) is 2.07. The Kier molecular flexibility index (Phi) is 1.89. The maximum absolute atomic E-state index is 5.73. The normalized spacial score (nSPS) is 28.4. The first-order valence-corrected chi connectivity index (χ1v) is 4.74. The van der Waals surface area contributed by atoms with Crippen LogP contribution in [0, 0.1) is 0 Å². The highest BCUT2D eigenvalue weighted by Gasteiger charge is 2.33. The van der Waals surface area contributed by atoms with Crippen LogP contribution in [-0.4, -0.2) is 5.60 Å². The summed E-state index contributed by atoms with van der Waals surface area (Å²) in [6.45, 7) is 0. The molecule has 0 unspecified atom stereocenters. The molecule has 1 heteroatoms. The fraction of sp³-hybridized carbons (Fsp3) is 0.800. The molecular weight excluding hydrogens is 136 g/mol. The summed E-state index contributed by atoms with van der Waals surface area (Å²) < 4.78 is 5.73. The summed E-state index contributed by atoms with van der Waals surface area (Å²) in [5, 5.41) is 0. The zero-order valence-corrected chi connectivity index (χ0v) is 7.01. The number of allylic oxidation sites excluding steroid dienone is 1. The molecule has 0 aromatic rings. The lowest BCUT2D eigenvalue weighted by Gasteiger charge is -2.38. The molecule has 2 rings (SSSR count). The number of hydrogen-bond donors (Lipinski definition) is 0. The van der Waals surface area contributed by atoms with Crippen LogP contribution in [-0.2, 0) is 4.74 Å². The summed E-state index contributed by atoms with van der Waals surface area (Å²) in [4.78, 5) is 0. The van der Waals surface area contributed by atoms with E-state index in [1.807, 2.05) is 6.26 Å². The van der Waals surface area contributed by atoms with Gasteiger partial charge in [0.1, 0.15) is 5.60 Å². The lowest BCUT2D eigenvalue weighted by Crippen LogP contribution is -2.34. The first kappa shape index (κ1) is 7.20. The molecule has 0 bridgehead atoms. The summed E-state index contributed by atoms with van der Waals surface area (Å²) in [6.07, 6.45) is 13.3. The predicted molar refractivity (Wildman–Crippen MR) is 45.3 cm³/mol. The Balaban J connectivity index is 2.01. The van der Waals surface area contributed by atoms with Crippen LogP contribution in [0.25, 0.3) is 0 Å². The molecule has 1 nitrogen and oxygen atoms in total. The van der Waals surface area contributed by atoms with E-state index in [1.165, 1.54) is 44.9 Å². The summed E-state index contributed by atoms with van der Waals surface area (Å²) >= 11 is 0. The van der Waals surface area contributed by atoms with Gasteiger partial charge in [-0.25, -0.2) is 0 Å². The van der Waals surface area contributed by atoms with Gasteiger partial charge >= 0.3 is 0 Å². The topological polar surface area (TPSA) is 9.23 Å². The lowest BCUT2D eigenvalue weighted by molar-refractivity contribution is -0.0262. The van der Waals surface area contributed by atoms with E-state index in [1.54, 1.807) is 0 Å². The second kappa shape index (κ2) is 2.88. The van der Waals surface area contributed by atoms with Crippen LogP contribution >= 0.6 is 0 Å². The van der Waals surface area contributed by atoms with Crippen molar-refractivity contribution in [2.24, 2.45) is 0 Å². The molecular formula is C10H16O. The first-order chi connectivity index (χ1) is 5.41. The van der Waals surface area contributed by atoms with Crippen molar-refractivity contribution < 1.29 is 4.74 Å². The first-order valence-electron chi connectivity index (χ1n) is 4.74. The number of hydrogen-bond acceptors (Lipinski definition) is 1. The SMILES string of the molecule is C1=COC2(CC1)CCCCC2. The third-order valence-corrected chi connectivity index (χ3v) is 2.95. The Hall–Kier alpha value is -0.460. The molecule has 2 aliphatic rings. The van der Waals surface area contributed by atoms with Gasteiger partial charge in [0.2, 0.25) is 0 Å². The van der Waals surface area contributed by atoms with E-state index in [2.05, 4.69) is 6.08 Å². The molecule has 1 spiro atoms. The molecule has 0 amide bonds.